The van der Waals surface area contributed by atoms with Crippen LogP contribution in [0.15, 0.2) is 22.8 Å². The van der Waals surface area contributed by atoms with Crippen molar-refractivity contribution >= 4 is 11.9 Å². The van der Waals surface area contributed by atoms with E-state index >= 15 is 0 Å². The molecule has 1 aromatic heterocycles. The Labute approximate surface area is 87.1 Å². The quantitative estimate of drug-likeness (QED) is 0.785. The van der Waals surface area contributed by atoms with Crippen molar-refractivity contribution in [1.82, 2.24) is 5.32 Å². The molecule has 0 unspecified atom stereocenters. The lowest BCUT2D eigenvalue weighted by Gasteiger charge is -2.23. The Morgan fingerprint density at radius 3 is 2.67 bits per heavy atom. The molecule has 0 fully saturated rings. The number of carbonyl (C=O) groups is 2. The second kappa shape index (κ2) is 4.16. The third-order valence-corrected chi connectivity index (χ3v) is 1.79. The summed E-state index contributed by atoms with van der Waals surface area (Å²) in [6.45, 7) is 3.28. The van der Waals surface area contributed by atoms with E-state index in [9.17, 15) is 9.59 Å². The monoisotopic (exact) mass is 211 g/mol. The molecule has 1 amide bonds. The molecule has 0 spiro atoms. The number of carbonyl (C=O) groups excluding carboxylic acids is 1. The van der Waals surface area contributed by atoms with E-state index in [2.05, 4.69) is 5.32 Å². The van der Waals surface area contributed by atoms with Gasteiger partial charge in [-0.3, -0.25) is 9.59 Å². The van der Waals surface area contributed by atoms with Gasteiger partial charge in [0, 0.05) is 5.54 Å². The summed E-state index contributed by atoms with van der Waals surface area (Å²) in [5.41, 5.74) is -0.796. The molecule has 0 radical (unpaired) electrons. The van der Waals surface area contributed by atoms with Crippen LogP contribution in [0.3, 0.4) is 0 Å². The van der Waals surface area contributed by atoms with Gasteiger partial charge in [0.2, 0.25) is 0 Å². The van der Waals surface area contributed by atoms with Crippen molar-refractivity contribution in [3.05, 3.63) is 24.2 Å². The Kier molecular flexibility index (Phi) is 3.14. The number of aliphatic carboxylic acids is 1. The highest BCUT2D eigenvalue weighted by Gasteiger charge is 2.25. The second-order valence-electron chi connectivity index (χ2n) is 3.89. The van der Waals surface area contributed by atoms with Crippen molar-refractivity contribution < 1.29 is 19.1 Å². The van der Waals surface area contributed by atoms with Crippen LogP contribution >= 0.6 is 0 Å². The minimum absolute atomic E-state index is 0.139. The van der Waals surface area contributed by atoms with Gasteiger partial charge in [-0.05, 0) is 26.0 Å². The first-order chi connectivity index (χ1) is 6.91. The average molecular weight is 211 g/mol. The van der Waals surface area contributed by atoms with Crippen molar-refractivity contribution in [2.24, 2.45) is 0 Å². The van der Waals surface area contributed by atoms with Crippen LogP contribution in [-0.4, -0.2) is 22.5 Å². The van der Waals surface area contributed by atoms with Crippen molar-refractivity contribution in [3.63, 3.8) is 0 Å². The fourth-order valence-electron chi connectivity index (χ4n) is 1.20. The molecular formula is C10H13NO4. The van der Waals surface area contributed by atoms with Crippen LogP contribution in [0.25, 0.3) is 0 Å². The number of nitrogens with one attached hydrogen (secondary N) is 1. The van der Waals surface area contributed by atoms with Gasteiger partial charge in [-0.2, -0.15) is 0 Å². The number of amides is 1. The third kappa shape index (κ3) is 3.46. The van der Waals surface area contributed by atoms with Gasteiger partial charge in [0.05, 0.1) is 12.7 Å². The molecule has 0 aliphatic rings. The maximum Gasteiger partial charge on any atom is 0.305 e. The van der Waals surface area contributed by atoms with Gasteiger partial charge in [0.15, 0.2) is 5.76 Å². The minimum atomic E-state index is -0.959. The van der Waals surface area contributed by atoms with E-state index in [4.69, 9.17) is 9.52 Å². The Morgan fingerprint density at radius 2 is 2.20 bits per heavy atom. The number of carboxylic acid groups (broad SMARTS) is 1. The van der Waals surface area contributed by atoms with Gasteiger partial charge in [-0.1, -0.05) is 0 Å². The number of rotatable bonds is 4. The largest absolute Gasteiger partial charge is 0.481 e. The summed E-state index contributed by atoms with van der Waals surface area (Å²) in [6, 6.07) is 3.12. The van der Waals surface area contributed by atoms with Crippen LogP contribution in [0.2, 0.25) is 0 Å². The number of hydrogen-bond acceptors (Lipinski definition) is 3. The molecule has 2 N–H and O–H groups in total. The van der Waals surface area contributed by atoms with Crippen LogP contribution in [0.4, 0.5) is 0 Å². The van der Waals surface area contributed by atoms with E-state index in [1.54, 1.807) is 19.9 Å². The van der Waals surface area contributed by atoms with Crippen LogP contribution < -0.4 is 5.32 Å². The summed E-state index contributed by atoms with van der Waals surface area (Å²) in [6.07, 6.45) is 1.25. The lowest BCUT2D eigenvalue weighted by Crippen LogP contribution is -2.44. The number of furan rings is 1. The summed E-state index contributed by atoms with van der Waals surface area (Å²) in [7, 11) is 0. The highest BCUT2D eigenvalue weighted by molar-refractivity contribution is 5.92. The van der Waals surface area contributed by atoms with Crippen molar-refractivity contribution in [2.75, 3.05) is 0 Å². The Morgan fingerprint density at radius 1 is 1.53 bits per heavy atom. The SMILES string of the molecule is CC(C)(CC(=O)O)NC(=O)c1ccco1. The molecule has 0 aliphatic carbocycles. The van der Waals surface area contributed by atoms with Crippen LogP contribution in [0.5, 0.6) is 0 Å². The van der Waals surface area contributed by atoms with Gasteiger partial charge in [-0.15, -0.1) is 0 Å². The van der Waals surface area contributed by atoms with E-state index < -0.39 is 17.4 Å². The second-order valence-corrected chi connectivity index (χ2v) is 3.89. The number of hydrogen-bond donors (Lipinski definition) is 2. The Bertz CT molecular complexity index is 354. The van der Waals surface area contributed by atoms with Gasteiger partial charge in [-0.25, -0.2) is 0 Å². The van der Waals surface area contributed by atoms with E-state index in [1.165, 1.54) is 12.3 Å². The molecule has 5 heteroatoms. The molecule has 0 bridgehead atoms. The summed E-state index contributed by atoms with van der Waals surface area (Å²) in [4.78, 5) is 22.0. The molecule has 82 valence electrons. The molecule has 0 aliphatic heterocycles. The lowest BCUT2D eigenvalue weighted by molar-refractivity contribution is -0.138. The van der Waals surface area contributed by atoms with Crippen LogP contribution in [-0.2, 0) is 4.79 Å². The fourth-order valence-corrected chi connectivity index (χ4v) is 1.20. The Hall–Kier alpha value is -1.78. The molecule has 0 atom stereocenters. The van der Waals surface area contributed by atoms with Gasteiger partial charge >= 0.3 is 5.97 Å². The maximum absolute atomic E-state index is 11.5. The van der Waals surface area contributed by atoms with E-state index in [1.807, 2.05) is 0 Å². The molecular weight excluding hydrogens is 198 g/mol. The van der Waals surface area contributed by atoms with Gasteiger partial charge in [0.1, 0.15) is 0 Å². The summed E-state index contributed by atoms with van der Waals surface area (Å²) < 4.78 is 4.89. The van der Waals surface area contributed by atoms with E-state index in [-0.39, 0.29) is 12.2 Å². The summed E-state index contributed by atoms with van der Waals surface area (Å²) >= 11 is 0. The number of carboxylic acids is 1. The molecule has 1 aromatic rings. The van der Waals surface area contributed by atoms with Crippen LogP contribution in [0, 0.1) is 0 Å². The summed E-state index contributed by atoms with van der Waals surface area (Å²) in [5.74, 6) is -1.19. The predicted octanol–water partition coefficient (Wildman–Crippen LogP) is 1.26. The standard InChI is InChI=1S/C10H13NO4/c1-10(2,6-8(12)13)11-9(14)7-4-3-5-15-7/h3-5H,6H2,1-2H3,(H,11,14)(H,12,13). The van der Waals surface area contributed by atoms with Crippen molar-refractivity contribution in [3.8, 4) is 0 Å². The molecule has 15 heavy (non-hydrogen) atoms. The molecule has 0 saturated heterocycles. The average Bonchev–Trinajstić information content (AvgIpc) is 2.50. The highest BCUT2D eigenvalue weighted by atomic mass is 16.4. The fraction of sp³-hybridized carbons (Fsp3) is 0.400. The zero-order chi connectivity index (χ0) is 11.5. The van der Waals surface area contributed by atoms with Crippen molar-refractivity contribution in [1.29, 1.82) is 0 Å². The predicted molar refractivity (Wildman–Crippen MR) is 52.5 cm³/mol. The normalized spacial score (nSPS) is 11.1. The molecule has 1 rings (SSSR count). The van der Waals surface area contributed by atoms with E-state index in [0.29, 0.717) is 0 Å². The highest BCUT2D eigenvalue weighted by Crippen LogP contribution is 2.10. The smallest absolute Gasteiger partial charge is 0.305 e. The van der Waals surface area contributed by atoms with Crippen LogP contribution in [0.1, 0.15) is 30.8 Å². The zero-order valence-corrected chi connectivity index (χ0v) is 8.61. The molecule has 0 aromatic carbocycles. The Balaban J connectivity index is 2.61. The summed E-state index contributed by atoms with van der Waals surface area (Å²) in [5, 5.41) is 11.2. The minimum Gasteiger partial charge on any atom is -0.481 e. The van der Waals surface area contributed by atoms with Gasteiger partial charge in [0.25, 0.3) is 5.91 Å². The molecule has 0 saturated carbocycles. The zero-order valence-electron chi connectivity index (χ0n) is 8.61. The van der Waals surface area contributed by atoms with Crippen molar-refractivity contribution in [2.45, 2.75) is 25.8 Å². The molecule has 5 nitrogen and oxygen atoms in total. The topological polar surface area (TPSA) is 79.5 Å². The first kappa shape index (κ1) is 11.3. The molecule has 1 heterocycles. The van der Waals surface area contributed by atoms with E-state index in [0.717, 1.165) is 0 Å². The first-order valence-electron chi connectivity index (χ1n) is 4.48. The third-order valence-electron chi connectivity index (χ3n) is 1.79. The maximum atomic E-state index is 11.5. The first-order valence-corrected chi connectivity index (χ1v) is 4.48. The lowest BCUT2D eigenvalue weighted by atomic mass is 10.0. The van der Waals surface area contributed by atoms with Gasteiger partial charge < -0.3 is 14.8 Å².